The van der Waals surface area contributed by atoms with Crippen LogP contribution in [0.4, 0.5) is 5.69 Å². The number of hydrazine groups is 1. The van der Waals surface area contributed by atoms with Crippen molar-refractivity contribution in [3.63, 3.8) is 0 Å². The molecule has 0 radical (unpaired) electrons. The molecule has 0 saturated carbocycles. The summed E-state index contributed by atoms with van der Waals surface area (Å²) in [6.45, 7) is 4.60. The fourth-order valence-corrected chi connectivity index (χ4v) is 4.86. The number of nitrogens with zero attached hydrogens (tertiary/aromatic N) is 4. The molecule has 0 aliphatic carbocycles. The van der Waals surface area contributed by atoms with Crippen LogP contribution in [0.2, 0.25) is 0 Å². The summed E-state index contributed by atoms with van der Waals surface area (Å²) in [7, 11) is 2.17. The van der Waals surface area contributed by atoms with Crippen LogP contribution in [0.15, 0.2) is 48.7 Å². The van der Waals surface area contributed by atoms with E-state index >= 15 is 0 Å². The molecular formula is C26H33N7O2. The van der Waals surface area contributed by atoms with Crippen LogP contribution in [0.3, 0.4) is 0 Å². The zero-order valence-electron chi connectivity index (χ0n) is 20.1. The van der Waals surface area contributed by atoms with E-state index < -0.39 is 0 Å². The molecular weight excluding hydrogens is 442 g/mol. The van der Waals surface area contributed by atoms with Crippen molar-refractivity contribution in [1.29, 1.82) is 0 Å². The molecule has 184 valence electrons. The Morgan fingerprint density at radius 1 is 1.11 bits per heavy atom. The number of fused-ring (bicyclic) bond motifs is 1. The number of piperidine rings is 1. The molecule has 5 N–H and O–H groups in total. The van der Waals surface area contributed by atoms with Gasteiger partial charge in [0.15, 0.2) is 0 Å². The van der Waals surface area contributed by atoms with Gasteiger partial charge in [-0.2, -0.15) is 5.10 Å². The Morgan fingerprint density at radius 3 is 2.54 bits per heavy atom. The first-order chi connectivity index (χ1) is 17.0. The van der Waals surface area contributed by atoms with Crippen molar-refractivity contribution in [3.8, 4) is 0 Å². The van der Waals surface area contributed by atoms with Gasteiger partial charge >= 0.3 is 0 Å². The first kappa shape index (κ1) is 23.3. The first-order valence-electron chi connectivity index (χ1n) is 12.1. The van der Waals surface area contributed by atoms with E-state index in [1.807, 2.05) is 12.1 Å². The van der Waals surface area contributed by atoms with Crippen LogP contribution >= 0.6 is 0 Å². The van der Waals surface area contributed by atoms with Crippen molar-refractivity contribution in [2.45, 2.75) is 18.8 Å². The molecule has 2 aromatic carbocycles. The number of carbonyl (C=O) groups excluding carboxylic acids is 1. The Balaban J connectivity index is 1.32. The van der Waals surface area contributed by atoms with Crippen LogP contribution in [0, 0.1) is 0 Å². The maximum atomic E-state index is 12.7. The monoisotopic (exact) mass is 475 g/mol. The number of nitrogens with one attached hydrogen (secondary N) is 1. The number of morpholine rings is 1. The second kappa shape index (κ2) is 10.1. The third-order valence-electron chi connectivity index (χ3n) is 7.04. The number of rotatable bonds is 5. The van der Waals surface area contributed by atoms with E-state index in [0.717, 1.165) is 42.5 Å². The highest BCUT2D eigenvalue weighted by Crippen LogP contribution is 2.31. The Bertz CT molecular complexity index is 1210. The molecule has 0 unspecified atom stereocenters. The van der Waals surface area contributed by atoms with Gasteiger partial charge in [0.2, 0.25) is 0 Å². The maximum Gasteiger partial charge on any atom is 0.254 e. The molecule has 2 aliphatic heterocycles. The molecule has 35 heavy (non-hydrogen) atoms. The summed E-state index contributed by atoms with van der Waals surface area (Å²) in [6, 6.07) is 13.7. The number of amides is 1. The molecule has 3 aromatic rings. The van der Waals surface area contributed by atoms with Crippen molar-refractivity contribution in [3.05, 3.63) is 65.5 Å². The van der Waals surface area contributed by atoms with Crippen LogP contribution < -0.4 is 16.6 Å². The number of benzene rings is 2. The lowest BCUT2D eigenvalue weighted by molar-refractivity contribution is 0.0303. The van der Waals surface area contributed by atoms with E-state index in [1.54, 1.807) is 23.2 Å². The number of ether oxygens (including phenoxy) is 1. The standard InChI is InChI=1S/C26H33N7O2/c1-31-10-8-18(9-11-31)20-4-7-24-22(16-20)25(30-29-24)23(27)17-33(28)21-5-2-19(3-6-21)26(34)32-12-14-35-15-13-32/h2-7,16-18H,8-15,27-28H2,1H3,(H,29,30)/b23-17-. The lowest BCUT2D eigenvalue weighted by Gasteiger charge is -2.29. The number of hydrogen-bond donors (Lipinski definition) is 3. The van der Waals surface area contributed by atoms with Crippen molar-refractivity contribution < 1.29 is 9.53 Å². The fraction of sp³-hybridized carbons (Fsp3) is 0.385. The van der Waals surface area contributed by atoms with E-state index in [0.29, 0.717) is 49.2 Å². The minimum absolute atomic E-state index is 0.00175. The van der Waals surface area contributed by atoms with Crippen LogP contribution in [-0.2, 0) is 4.74 Å². The van der Waals surface area contributed by atoms with Crippen LogP contribution in [0.25, 0.3) is 16.6 Å². The number of anilines is 1. The van der Waals surface area contributed by atoms with Gasteiger partial charge in [-0.1, -0.05) is 6.07 Å². The quantitative estimate of drug-likeness (QED) is 0.383. The average Bonchev–Trinajstić information content (AvgIpc) is 3.33. The normalized spacial score (nSPS) is 18.2. The summed E-state index contributed by atoms with van der Waals surface area (Å²) in [4.78, 5) is 16.9. The molecule has 2 aliphatic rings. The summed E-state index contributed by atoms with van der Waals surface area (Å²) in [5, 5.41) is 9.99. The van der Waals surface area contributed by atoms with Crippen molar-refractivity contribution in [2.75, 3.05) is 51.4 Å². The van der Waals surface area contributed by atoms with Gasteiger partial charge in [0.1, 0.15) is 5.69 Å². The number of aromatic nitrogens is 2. The largest absolute Gasteiger partial charge is 0.396 e. The number of likely N-dealkylation sites (tertiary alicyclic amines) is 1. The minimum Gasteiger partial charge on any atom is -0.396 e. The van der Waals surface area contributed by atoms with E-state index in [9.17, 15) is 4.79 Å². The van der Waals surface area contributed by atoms with E-state index in [4.69, 9.17) is 16.3 Å². The Hall–Kier alpha value is -3.40. The summed E-state index contributed by atoms with van der Waals surface area (Å²) >= 11 is 0. The zero-order valence-corrected chi connectivity index (χ0v) is 20.1. The molecule has 2 fully saturated rings. The molecule has 0 spiro atoms. The van der Waals surface area contributed by atoms with Crippen molar-refractivity contribution in [1.82, 2.24) is 20.0 Å². The highest BCUT2D eigenvalue weighted by atomic mass is 16.5. The van der Waals surface area contributed by atoms with Gasteiger partial charge in [0, 0.05) is 30.2 Å². The van der Waals surface area contributed by atoms with Gasteiger partial charge in [-0.05, 0) is 80.9 Å². The predicted molar refractivity (Wildman–Crippen MR) is 138 cm³/mol. The molecule has 3 heterocycles. The highest BCUT2D eigenvalue weighted by molar-refractivity contribution is 5.95. The first-order valence-corrected chi connectivity index (χ1v) is 12.1. The summed E-state index contributed by atoms with van der Waals surface area (Å²) in [5.41, 5.74) is 11.2. The second-order valence-electron chi connectivity index (χ2n) is 9.40. The van der Waals surface area contributed by atoms with Crippen LogP contribution in [0.5, 0.6) is 0 Å². The summed E-state index contributed by atoms with van der Waals surface area (Å²) in [6.07, 6.45) is 3.97. The van der Waals surface area contributed by atoms with E-state index in [1.165, 1.54) is 10.6 Å². The van der Waals surface area contributed by atoms with Gasteiger partial charge in [-0.25, -0.2) is 5.84 Å². The smallest absolute Gasteiger partial charge is 0.254 e. The molecule has 0 bridgehead atoms. The lowest BCUT2D eigenvalue weighted by atomic mass is 9.89. The van der Waals surface area contributed by atoms with Gasteiger partial charge in [-0.15, -0.1) is 0 Å². The van der Waals surface area contributed by atoms with Crippen molar-refractivity contribution >= 4 is 28.2 Å². The average molecular weight is 476 g/mol. The molecule has 9 heteroatoms. The Morgan fingerprint density at radius 2 is 1.83 bits per heavy atom. The second-order valence-corrected chi connectivity index (χ2v) is 9.40. The third kappa shape index (κ3) is 5.02. The van der Waals surface area contributed by atoms with Gasteiger partial charge in [-0.3, -0.25) is 14.9 Å². The Kier molecular flexibility index (Phi) is 6.72. The number of H-pyrrole nitrogens is 1. The van der Waals surface area contributed by atoms with Gasteiger partial charge < -0.3 is 20.3 Å². The highest BCUT2D eigenvalue weighted by Gasteiger charge is 2.21. The number of hydrogen-bond acceptors (Lipinski definition) is 7. The van der Waals surface area contributed by atoms with Crippen LogP contribution in [0.1, 0.15) is 40.4 Å². The summed E-state index contributed by atoms with van der Waals surface area (Å²) < 4.78 is 5.33. The fourth-order valence-electron chi connectivity index (χ4n) is 4.86. The third-order valence-corrected chi connectivity index (χ3v) is 7.04. The predicted octanol–water partition coefficient (Wildman–Crippen LogP) is 2.48. The number of carbonyl (C=O) groups is 1. The van der Waals surface area contributed by atoms with Gasteiger partial charge in [0.25, 0.3) is 5.91 Å². The zero-order chi connectivity index (χ0) is 24.4. The molecule has 9 nitrogen and oxygen atoms in total. The van der Waals surface area contributed by atoms with Crippen molar-refractivity contribution in [2.24, 2.45) is 11.6 Å². The maximum absolute atomic E-state index is 12.7. The molecule has 0 atom stereocenters. The summed E-state index contributed by atoms with van der Waals surface area (Å²) in [5.74, 6) is 6.85. The van der Waals surface area contributed by atoms with Gasteiger partial charge in [0.05, 0.1) is 30.1 Å². The SMILES string of the molecule is CN1CCC(c2ccc3[nH]nc(/C(N)=C/N(N)c4ccc(C(=O)N5CCOCC5)cc4)c3c2)CC1. The molecule has 1 amide bonds. The number of nitrogens with two attached hydrogens (primary N) is 2. The molecule has 2 saturated heterocycles. The topological polar surface area (TPSA) is 117 Å². The van der Waals surface area contributed by atoms with Crippen LogP contribution in [-0.4, -0.2) is 72.3 Å². The molecule has 5 rings (SSSR count). The Labute approximate surface area is 205 Å². The number of aromatic amines is 1. The molecule has 1 aromatic heterocycles. The minimum atomic E-state index is 0.00175. The van der Waals surface area contributed by atoms with E-state index in [2.05, 4.69) is 40.3 Å². The van der Waals surface area contributed by atoms with E-state index in [-0.39, 0.29) is 5.91 Å². The lowest BCUT2D eigenvalue weighted by Crippen LogP contribution is -2.40.